The molecule has 2 aromatic rings. The average Bonchev–Trinajstić information content (AvgIpc) is 2.64. The van der Waals surface area contributed by atoms with E-state index in [1.54, 1.807) is 0 Å². The molecular weight excluding hydrogens is 404 g/mol. The SMILES string of the molecule is CC(C)(C#N)NC(=O)c1cc(CC(=O)Cc2cc(O)c(C(C)(C)C)cc2F)c(F)cn1. The van der Waals surface area contributed by atoms with Gasteiger partial charge in [0.05, 0.1) is 12.3 Å². The van der Waals surface area contributed by atoms with Crippen molar-refractivity contribution in [2.75, 3.05) is 0 Å². The first-order chi connectivity index (χ1) is 14.2. The third-order valence-electron chi connectivity index (χ3n) is 4.62. The van der Waals surface area contributed by atoms with Crippen molar-refractivity contribution < 1.29 is 23.5 Å². The molecule has 2 rings (SSSR count). The van der Waals surface area contributed by atoms with Gasteiger partial charge in [0.15, 0.2) is 0 Å². The van der Waals surface area contributed by atoms with Gasteiger partial charge in [-0.3, -0.25) is 9.59 Å². The van der Waals surface area contributed by atoms with Gasteiger partial charge >= 0.3 is 0 Å². The van der Waals surface area contributed by atoms with Crippen LogP contribution in [0.4, 0.5) is 8.78 Å². The quantitative estimate of drug-likeness (QED) is 0.728. The molecule has 2 N–H and O–H groups in total. The van der Waals surface area contributed by atoms with Gasteiger partial charge in [-0.05, 0) is 48.6 Å². The van der Waals surface area contributed by atoms with Gasteiger partial charge in [-0.1, -0.05) is 20.8 Å². The summed E-state index contributed by atoms with van der Waals surface area (Å²) >= 11 is 0. The number of aromatic hydroxyl groups is 1. The van der Waals surface area contributed by atoms with Crippen LogP contribution in [-0.2, 0) is 23.1 Å². The molecule has 0 fully saturated rings. The van der Waals surface area contributed by atoms with Crippen LogP contribution in [0.3, 0.4) is 0 Å². The van der Waals surface area contributed by atoms with Crippen LogP contribution in [0.2, 0.25) is 0 Å². The van der Waals surface area contributed by atoms with Crippen molar-refractivity contribution in [3.8, 4) is 11.8 Å². The number of phenols is 1. The molecule has 0 aliphatic rings. The second-order valence-corrected chi connectivity index (χ2v) is 8.95. The molecule has 0 atom stereocenters. The largest absolute Gasteiger partial charge is 0.508 e. The van der Waals surface area contributed by atoms with Crippen molar-refractivity contribution in [3.63, 3.8) is 0 Å². The number of Topliss-reactive ketones (excluding diaryl/α,β-unsaturated/α-hetero) is 1. The molecule has 0 bridgehead atoms. The van der Waals surface area contributed by atoms with E-state index in [2.05, 4.69) is 10.3 Å². The molecule has 1 aromatic heterocycles. The number of carbonyl (C=O) groups excluding carboxylic acids is 2. The summed E-state index contributed by atoms with van der Waals surface area (Å²) in [6.45, 7) is 8.46. The van der Waals surface area contributed by atoms with Crippen LogP contribution in [0.15, 0.2) is 24.4 Å². The predicted molar refractivity (Wildman–Crippen MR) is 111 cm³/mol. The first kappa shape index (κ1) is 23.9. The first-order valence-electron chi connectivity index (χ1n) is 9.65. The highest BCUT2D eigenvalue weighted by atomic mass is 19.1. The van der Waals surface area contributed by atoms with E-state index in [1.807, 2.05) is 26.8 Å². The second-order valence-electron chi connectivity index (χ2n) is 8.95. The van der Waals surface area contributed by atoms with Crippen molar-refractivity contribution in [2.24, 2.45) is 0 Å². The predicted octanol–water partition coefficient (Wildman–Crippen LogP) is 3.75. The van der Waals surface area contributed by atoms with Crippen molar-refractivity contribution in [3.05, 3.63) is 58.4 Å². The molecule has 31 heavy (non-hydrogen) atoms. The average molecular weight is 429 g/mol. The normalized spacial score (nSPS) is 11.7. The van der Waals surface area contributed by atoms with E-state index >= 15 is 0 Å². The van der Waals surface area contributed by atoms with E-state index in [1.165, 1.54) is 26.0 Å². The lowest BCUT2D eigenvalue weighted by Gasteiger charge is -2.21. The number of ketones is 1. The molecule has 0 saturated heterocycles. The number of phenolic OH excluding ortho intramolecular Hbond substituents is 1. The van der Waals surface area contributed by atoms with Gasteiger partial charge in [0, 0.05) is 18.4 Å². The number of pyridine rings is 1. The maximum atomic E-state index is 14.5. The summed E-state index contributed by atoms with van der Waals surface area (Å²) in [5, 5.41) is 21.7. The molecule has 1 aromatic carbocycles. The fourth-order valence-electron chi connectivity index (χ4n) is 2.94. The summed E-state index contributed by atoms with van der Waals surface area (Å²) < 4.78 is 28.6. The van der Waals surface area contributed by atoms with Gasteiger partial charge in [-0.15, -0.1) is 0 Å². The Kier molecular flexibility index (Phi) is 6.80. The van der Waals surface area contributed by atoms with Crippen molar-refractivity contribution in [1.29, 1.82) is 5.26 Å². The fourth-order valence-corrected chi connectivity index (χ4v) is 2.94. The first-order valence-corrected chi connectivity index (χ1v) is 9.65. The van der Waals surface area contributed by atoms with E-state index in [4.69, 9.17) is 5.26 Å². The molecule has 0 aliphatic carbocycles. The highest BCUT2D eigenvalue weighted by Gasteiger charge is 2.23. The molecule has 8 heteroatoms. The van der Waals surface area contributed by atoms with Gasteiger partial charge in [0.2, 0.25) is 0 Å². The number of hydrogen-bond donors (Lipinski definition) is 2. The van der Waals surface area contributed by atoms with E-state index in [0.29, 0.717) is 5.56 Å². The van der Waals surface area contributed by atoms with Crippen LogP contribution in [-0.4, -0.2) is 27.3 Å². The maximum absolute atomic E-state index is 14.5. The summed E-state index contributed by atoms with van der Waals surface area (Å²) in [7, 11) is 0. The zero-order chi connectivity index (χ0) is 23.6. The molecule has 1 heterocycles. The minimum atomic E-state index is -1.15. The highest BCUT2D eigenvalue weighted by molar-refractivity contribution is 5.93. The third kappa shape index (κ3) is 6.07. The lowest BCUT2D eigenvalue weighted by atomic mass is 9.85. The number of rotatable bonds is 6. The Labute approximate surface area is 179 Å². The van der Waals surface area contributed by atoms with Gasteiger partial charge in [0.1, 0.15) is 34.4 Å². The highest BCUT2D eigenvalue weighted by Crippen LogP contribution is 2.32. The van der Waals surface area contributed by atoms with Crippen LogP contribution in [0.25, 0.3) is 0 Å². The van der Waals surface area contributed by atoms with Crippen molar-refractivity contribution in [1.82, 2.24) is 10.3 Å². The molecule has 0 radical (unpaired) electrons. The molecule has 0 aliphatic heterocycles. The lowest BCUT2D eigenvalue weighted by molar-refractivity contribution is -0.117. The number of hydrogen-bond acceptors (Lipinski definition) is 5. The molecule has 164 valence electrons. The van der Waals surface area contributed by atoms with Gasteiger partial charge < -0.3 is 10.4 Å². The summed E-state index contributed by atoms with van der Waals surface area (Å²) in [5.74, 6) is -2.73. The molecule has 0 unspecified atom stereocenters. The molecule has 0 saturated carbocycles. The van der Waals surface area contributed by atoms with E-state index in [0.717, 1.165) is 12.3 Å². The fraction of sp³-hybridized carbons (Fsp3) is 0.391. The molecule has 0 spiro atoms. The zero-order valence-electron chi connectivity index (χ0n) is 18.1. The van der Waals surface area contributed by atoms with Gasteiger partial charge in [-0.25, -0.2) is 13.8 Å². The monoisotopic (exact) mass is 429 g/mol. The van der Waals surface area contributed by atoms with E-state index in [-0.39, 0.29) is 29.0 Å². The standard InChI is InChI=1S/C23H25F2N3O3/c1-22(2,3)16-10-17(24)14(9-20(16)30)7-15(29)6-13-8-19(27-11-18(13)25)21(31)28-23(4,5)12-26/h8-11,30H,6-7H2,1-5H3,(H,28,31). The molecule has 6 nitrogen and oxygen atoms in total. The lowest BCUT2D eigenvalue weighted by Crippen LogP contribution is -2.42. The maximum Gasteiger partial charge on any atom is 0.271 e. The number of nitrogens with one attached hydrogen (secondary N) is 1. The summed E-state index contributed by atoms with van der Waals surface area (Å²) in [6.07, 6.45) is 0.0769. The summed E-state index contributed by atoms with van der Waals surface area (Å²) in [4.78, 5) is 28.4. The number of nitrogens with zero attached hydrogens (tertiary/aromatic N) is 2. The number of halogens is 2. The van der Waals surface area contributed by atoms with Crippen LogP contribution in [0.1, 0.15) is 61.8 Å². The minimum Gasteiger partial charge on any atom is -0.508 e. The number of aromatic nitrogens is 1. The van der Waals surface area contributed by atoms with Crippen LogP contribution in [0, 0.1) is 23.0 Å². The Balaban J connectivity index is 2.20. The number of benzene rings is 1. The second kappa shape index (κ2) is 8.80. The summed E-state index contributed by atoms with van der Waals surface area (Å²) in [5.41, 5.74) is -1.44. The van der Waals surface area contributed by atoms with Crippen LogP contribution < -0.4 is 5.32 Å². The van der Waals surface area contributed by atoms with Crippen molar-refractivity contribution >= 4 is 11.7 Å². The Hall–Kier alpha value is -3.34. The van der Waals surface area contributed by atoms with Gasteiger partial charge in [-0.2, -0.15) is 5.26 Å². The Morgan fingerprint density at radius 2 is 1.65 bits per heavy atom. The number of carbonyl (C=O) groups is 2. The minimum absolute atomic E-state index is 0.00120. The van der Waals surface area contributed by atoms with Crippen molar-refractivity contribution in [2.45, 2.75) is 58.4 Å². The Morgan fingerprint density at radius 1 is 1.06 bits per heavy atom. The number of nitriles is 1. The van der Waals surface area contributed by atoms with Crippen LogP contribution >= 0.6 is 0 Å². The number of amides is 1. The third-order valence-corrected chi connectivity index (χ3v) is 4.62. The Morgan fingerprint density at radius 3 is 2.19 bits per heavy atom. The van der Waals surface area contributed by atoms with Gasteiger partial charge in [0.25, 0.3) is 5.91 Å². The topological polar surface area (TPSA) is 103 Å². The van der Waals surface area contributed by atoms with E-state index < -0.39 is 40.7 Å². The zero-order valence-corrected chi connectivity index (χ0v) is 18.1. The molecular formula is C23H25F2N3O3. The molecule has 1 amide bonds. The summed E-state index contributed by atoms with van der Waals surface area (Å²) in [6, 6.07) is 5.44. The smallest absolute Gasteiger partial charge is 0.271 e. The van der Waals surface area contributed by atoms with Crippen LogP contribution in [0.5, 0.6) is 5.75 Å². The Bertz CT molecular complexity index is 1070. The van der Waals surface area contributed by atoms with E-state index in [9.17, 15) is 23.5 Å².